The number of carbonyl (C=O) groups is 1. The average Bonchev–Trinajstić information content (AvgIpc) is 2.55. The lowest BCUT2D eigenvalue weighted by molar-refractivity contribution is 0.0929. The van der Waals surface area contributed by atoms with Crippen molar-refractivity contribution >= 4 is 17.5 Å². The van der Waals surface area contributed by atoms with Crippen LogP contribution in [0.5, 0.6) is 11.5 Å². The molecule has 1 aliphatic heterocycles. The SMILES string of the molecule is CCCOc1c(Cl)cc(C(=O)NC2CCNCC2)cc1OCC. The van der Waals surface area contributed by atoms with Crippen molar-refractivity contribution in [2.75, 3.05) is 26.3 Å². The minimum absolute atomic E-state index is 0.123. The second-order valence-electron chi connectivity index (χ2n) is 5.56. The Labute approximate surface area is 142 Å². The summed E-state index contributed by atoms with van der Waals surface area (Å²) >= 11 is 6.30. The molecule has 1 aliphatic rings. The lowest BCUT2D eigenvalue weighted by atomic mass is 10.1. The number of ether oxygens (including phenoxy) is 2. The van der Waals surface area contributed by atoms with Gasteiger partial charge in [0.1, 0.15) is 0 Å². The van der Waals surface area contributed by atoms with Crippen molar-refractivity contribution in [2.45, 2.75) is 39.2 Å². The van der Waals surface area contributed by atoms with Gasteiger partial charge < -0.3 is 20.1 Å². The van der Waals surface area contributed by atoms with Gasteiger partial charge >= 0.3 is 0 Å². The van der Waals surface area contributed by atoms with Crippen LogP contribution in [0.4, 0.5) is 0 Å². The van der Waals surface area contributed by atoms with E-state index in [0.29, 0.717) is 35.3 Å². The highest BCUT2D eigenvalue weighted by molar-refractivity contribution is 6.32. The average molecular weight is 341 g/mol. The number of benzene rings is 1. The third-order valence-electron chi connectivity index (χ3n) is 3.70. The largest absolute Gasteiger partial charge is 0.490 e. The molecule has 0 unspecified atom stereocenters. The van der Waals surface area contributed by atoms with Crippen LogP contribution in [0.2, 0.25) is 5.02 Å². The Morgan fingerprint density at radius 3 is 2.70 bits per heavy atom. The van der Waals surface area contributed by atoms with Gasteiger partial charge in [-0.1, -0.05) is 18.5 Å². The van der Waals surface area contributed by atoms with Crippen LogP contribution in [0.1, 0.15) is 43.5 Å². The number of hydrogen-bond acceptors (Lipinski definition) is 4. The molecule has 6 heteroatoms. The maximum absolute atomic E-state index is 12.5. The zero-order chi connectivity index (χ0) is 16.7. The molecule has 2 rings (SSSR count). The first-order chi connectivity index (χ1) is 11.2. The Morgan fingerprint density at radius 1 is 1.30 bits per heavy atom. The molecule has 0 aliphatic carbocycles. The molecule has 1 saturated heterocycles. The Kier molecular flexibility index (Phi) is 6.99. The van der Waals surface area contributed by atoms with E-state index in [-0.39, 0.29) is 11.9 Å². The summed E-state index contributed by atoms with van der Waals surface area (Å²) in [6.07, 6.45) is 2.75. The Bertz CT molecular complexity index is 531. The zero-order valence-corrected chi connectivity index (χ0v) is 14.5. The summed E-state index contributed by atoms with van der Waals surface area (Å²) in [4.78, 5) is 12.5. The summed E-state index contributed by atoms with van der Waals surface area (Å²) in [5.74, 6) is 0.902. The first kappa shape index (κ1) is 17.9. The van der Waals surface area contributed by atoms with Gasteiger partial charge in [-0.2, -0.15) is 0 Å². The summed E-state index contributed by atoms with van der Waals surface area (Å²) in [6.45, 7) is 6.81. The van der Waals surface area contributed by atoms with E-state index < -0.39 is 0 Å². The molecule has 0 spiro atoms. The van der Waals surface area contributed by atoms with E-state index >= 15 is 0 Å². The van der Waals surface area contributed by atoms with Crippen LogP contribution in [-0.4, -0.2) is 38.3 Å². The molecule has 1 heterocycles. The zero-order valence-electron chi connectivity index (χ0n) is 13.8. The van der Waals surface area contributed by atoms with Gasteiger partial charge in [-0.25, -0.2) is 0 Å². The van der Waals surface area contributed by atoms with Crippen molar-refractivity contribution in [3.63, 3.8) is 0 Å². The topological polar surface area (TPSA) is 59.6 Å². The van der Waals surface area contributed by atoms with Crippen LogP contribution in [0.3, 0.4) is 0 Å². The van der Waals surface area contributed by atoms with Gasteiger partial charge in [-0.3, -0.25) is 4.79 Å². The van der Waals surface area contributed by atoms with E-state index in [1.807, 2.05) is 13.8 Å². The molecule has 0 bridgehead atoms. The quantitative estimate of drug-likeness (QED) is 0.801. The predicted octanol–water partition coefficient (Wildman–Crippen LogP) is 3.01. The summed E-state index contributed by atoms with van der Waals surface area (Å²) in [6, 6.07) is 3.55. The first-order valence-electron chi connectivity index (χ1n) is 8.26. The minimum atomic E-state index is -0.123. The molecule has 0 atom stereocenters. The summed E-state index contributed by atoms with van der Waals surface area (Å²) < 4.78 is 11.3. The summed E-state index contributed by atoms with van der Waals surface area (Å²) in [5, 5.41) is 6.74. The fourth-order valence-corrected chi connectivity index (χ4v) is 2.81. The smallest absolute Gasteiger partial charge is 0.251 e. The van der Waals surface area contributed by atoms with Crippen molar-refractivity contribution in [3.05, 3.63) is 22.7 Å². The van der Waals surface area contributed by atoms with Crippen LogP contribution < -0.4 is 20.1 Å². The highest BCUT2D eigenvalue weighted by atomic mass is 35.5. The Balaban J connectivity index is 2.15. The van der Waals surface area contributed by atoms with E-state index in [1.54, 1.807) is 12.1 Å². The van der Waals surface area contributed by atoms with E-state index in [2.05, 4.69) is 10.6 Å². The number of nitrogens with one attached hydrogen (secondary N) is 2. The predicted molar refractivity (Wildman–Crippen MR) is 91.8 cm³/mol. The van der Waals surface area contributed by atoms with Gasteiger partial charge in [0, 0.05) is 11.6 Å². The number of rotatable bonds is 7. The molecule has 2 N–H and O–H groups in total. The molecule has 0 radical (unpaired) electrons. The van der Waals surface area contributed by atoms with Crippen molar-refractivity contribution in [3.8, 4) is 11.5 Å². The molecule has 0 saturated carbocycles. The standard InChI is InChI=1S/C17H25ClN2O3/c1-3-9-23-16-14(18)10-12(11-15(16)22-4-2)17(21)20-13-5-7-19-8-6-13/h10-11,13,19H,3-9H2,1-2H3,(H,20,21). The number of piperidine rings is 1. The van der Waals surface area contributed by atoms with E-state index in [4.69, 9.17) is 21.1 Å². The van der Waals surface area contributed by atoms with Crippen LogP contribution in [0, 0.1) is 0 Å². The fraction of sp³-hybridized carbons (Fsp3) is 0.588. The monoisotopic (exact) mass is 340 g/mol. The molecule has 0 aromatic heterocycles. The molecule has 1 amide bonds. The van der Waals surface area contributed by atoms with Crippen LogP contribution in [-0.2, 0) is 0 Å². The van der Waals surface area contributed by atoms with Crippen molar-refractivity contribution in [1.82, 2.24) is 10.6 Å². The molecule has 128 valence electrons. The number of hydrogen-bond donors (Lipinski definition) is 2. The van der Waals surface area contributed by atoms with Gasteiger partial charge in [0.05, 0.1) is 18.2 Å². The summed E-state index contributed by atoms with van der Waals surface area (Å²) in [5.41, 5.74) is 0.501. The second-order valence-corrected chi connectivity index (χ2v) is 5.97. The lowest BCUT2D eigenvalue weighted by Crippen LogP contribution is -2.42. The maximum Gasteiger partial charge on any atom is 0.251 e. The maximum atomic E-state index is 12.5. The van der Waals surface area contributed by atoms with E-state index in [0.717, 1.165) is 32.4 Å². The van der Waals surface area contributed by atoms with Gasteiger partial charge in [0.2, 0.25) is 0 Å². The number of carbonyl (C=O) groups excluding carboxylic acids is 1. The molecule has 1 aromatic rings. The molecule has 5 nitrogen and oxygen atoms in total. The lowest BCUT2D eigenvalue weighted by Gasteiger charge is -2.24. The fourth-order valence-electron chi connectivity index (χ4n) is 2.54. The highest BCUT2D eigenvalue weighted by Crippen LogP contribution is 2.36. The molecule has 1 fully saturated rings. The van der Waals surface area contributed by atoms with Gasteiger partial charge in [0.15, 0.2) is 11.5 Å². The van der Waals surface area contributed by atoms with E-state index in [9.17, 15) is 4.79 Å². The molecule has 1 aromatic carbocycles. The molecular formula is C17H25ClN2O3. The second kappa shape index (κ2) is 8.99. The third-order valence-corrected chi connectivity index (χ3v) is 3.98. The van der Waals surface area contributed by atoms with Crippen LogP contribution in [0.25, 0.3) is 0 Å². The van der Waals surface area contributed by atoms with Crippen molar-refractivity contribution in [2.24, 2.45) is 0 Å². The summed E-state index contributed by atoms with van der Waals surface area (Å²) in [7, 11) is 0. The molecular weight excluding hydrogens is 316 g/mol. The van der Waals surface area contributed by atoms with Crippen molar-refractivity contribution < 1.29 is 14.3 Å². The Hall–Kier alpha value is -1.46. The normalized spacial score (nSPS) is 15.3. The minimum Gasteiger partial charge on any atom is -0.490 e. The third kappa shape index (κ3) is 5.01. The van der Waals surface area contributed by atoms with Gasteiger partial charge in [-0.05, 0) is 51.4 Å². The molecule has 23 heavy (non-hydrogen) atoms. The highest BCUT2D eigenvalue weighted by Gasteiger charge is 2.20. The van der Waals surface area contributed by atoms with Gasteiger partial charge in [0.25, 0.3) is 5.91 Å². The number of halogens is 1. The van der Waals surface area contributed by atoms with Gasteiger partial charge in [-0.15, -0.1) is 0 Å². The van der Waals surface area contributed by atoms with Crippen molar-refractivity contribution in [1.29, 1.82) is 0 Å². The first-order valence-corrected chi connectivity index (χ1v) is 8.64. The Morgan fingerprint density at radius 2 is 2.04 bits per heavy atom. The number of amides is 1. The van der Waals surface area contributed by atoms with E-state index in [1.165, 1.54) is 0 Å². The van der Waals surface area contributed by atoms with Crippen LogP contribution in [0.15, 0.2) is 12.1 Å². The van der Waals surface area contributed by atoms with Crippen LogP contribution >= 0.6 is 11.6 Å².